The van der Waals surface area contributed by atoms with Crippen molar-refractivity contribution in [3.63, 3.8) is 0 Å². The summed E-state index contributed by atoms with van der Waals surface area (Å²) in [6.07, 6.45) is -0.473. The van der Waals surface area contributed by atoms with Crippen LogP contribution in [0.4, 0.5) is 10.1 Å². The minimum absolute atomic E-state index is 0.0722. The van der Waals surface area contributed by atoms with Crippen LogP contribution >= 0.6 is 23.2 Å². The minimum atomic E-state index is -4.13. The lowest BCUT2D eigenvalue weighted by Crippen LogP contribution is -2.49. The van der Waals surface area contributed by atoms with Crippen molar-refractivity contribution in [3.8, 4) is 5.75 Å². The molecule has 0 fully saturated rings. The summed E-state index contributed by atoms with van der Waals surface area (Å²) in [5.74, 6) is -1.07. The topological polar surface area (TPSA) is 99.2 Å². The van der Waals surface area contributed by atoms with Crippen LogP contribution in [0, 0.1) is 11.7 Å². The summed E-state index contributed by atoms with van der Waals surface area (Å²) in [6, 6.07) is 14.0. The Kier molecular flexibility index (Phi) is 9.81. The molecule has 1 aliphatic rings. The van der Waals surface area contributed by atoms with E-state index in [9.17, 15) is 22.7 Å². The van der Waals surface area contributed by atoms with E-state index in [1.54, 1.807) is 36.1 Å². The molecule has 1 amide bonds. The van der Waals surface area contributed by atoms with E-state index in [0.717, 1.165) is 29.8 Å². The van der Waals surface area contributed by atoms with Gasteiger partial charge < -0.3 is 14.7 Å². The van der Waals surface area contributed by atoms with Crippen LogP contribution in [-0.4, -0.2) is 68.1 Å². The van der Waals surface area contributed by atoms with Crippen LogP contribution in [0.2, 0.25) is 10.0 Å². The lowest BCUT2D eigenvalue weighted by Gasteiger charge is -2.38. The number of para-hydroxylation sites is 1. The number of hydrogen-bond acceptors (Lipinski definition) is 6. The number of aliphatic hydroxyl groups is 1. The molecule has 12 heteroatoms. The van der Waals surface area contributed by atoms with Gasteiger partial charge in [-0.25, -0.2) is 12.8 Å². The van der Waals surface area contributed by atoms with E-state index in [-0.39, 0.29) is 40.3 Å². The SMILES string of the molecule is C[C@@H]1CN([C@@H](C)CO)C(=O)c2cccc(NS(=O)(=O)c3ccc(F)cc3)c2O[C@@H]1CN(C)Cc1ccc(Cl)c(Cl)c1. The third kappa shape index (κ3) is 7.31. The zero-order chi connectivity index (χ0) is 29.9. The maximum Gasteiger partial charge on any atom is 0.262 e. The van der Waals surface area contributed by atoms with Crippen LogP contribution in [-0.2, 0) is 16.6 Å². The zero-order valence-corrected chi connectivity index (χ0v) is 25.2. The number of anilines is 1. The van der Waals surface area contributed by atoms with E-state index in [2.05, 4.69) is 4.72 Å². The maximum absolute atomic E-state index is 13.7. The van der Waals surface area contributed by atoms with E-state index in [4.69, 9.17) is 27.9 Å². The predicted octanol–water partition coefficient (Wildman–Crippen LogP) is 5.29. The molecule has 0 spiro atoms. The van der Waals surface area contributed by atoms with E-state index in [1.165, 1.54) is 6.07 Å². The number of amides is 1. The Labute approximate surface area is 249 Å². The van der Waals surface area contributed by atoms with Crippen LogP contribution in [0.15, 0.2) is 65.6 Å². The fourth-order valence-electron chi connectivity index (χ4n) is 4.68. The summed E-state index contributed by atoms with van der Waals surface area (Å²) in [7, 11) is -2.22. The summed E-state index contributed by atoms with van der Waals surface area (Å²) in [4.78, 5) is 17.1. The number of nitrogens with one attached hydrogen (secondary N) is 1. The molecule has 1 aliphatic heterocycles. The van der Waals surface area contributed by atoms with Crippen molar-refractivity contribution in [2.75, 3.05) is 31.5 Å². The molecule has 3 atom stereocenters. The van der Waals surface area contributed by atoms with Crippen LogP contribution in [0.5, 0.6) is 5.75 Å². The predicted molar refractivity (Wildman–Crippen MR) is 158 cm³/mol. The molecule has 3 aromatic carbocycles. The number of hydrogen-bond donors (Lipinski definition) is 2. The van der Waals surface area contributed by atoms with Crippen LogP contribution in [0.1, 0.15) is 29.8 Å². The first kappa shape index (κ1) is 31.1. The molecule has 0 saturated carbocycles. The Morgan fingerprint density at radius 3 is 2.51 bits per heavy atom. The number of halogens is 3. The molecule has 2 N–H and O–H groups in total. The number of carbonyl (C=O) groups excluding carboxylic acids is 1. The Morgan fingerprint density at radius 1 is 1.15 bits per heavy atom. The number of carbonyl (C=O) groups is 1. The van der Waals surface area contributed by atoms with Gasteiger partial charge in [-0.15, -0.1) is 0 Å². The number of benzene rings is 3. The Morgan fingerprint density at radius 2 is 1.85 bits per heavy atom. The first-order valence-electron chi connectivity index (χ1n) is 13.0. The number of ether oxygens (including phenoxy) is 1. The van der Waals surface area contributed by atoms with Crippen LogP contribution < -0.4 is 9.46 Å². The van der Waals surface area contributed by atoms with E-state index in [0.29, 0.717) is 29.7 Å². The Balaban J connectivity index is 1.70. The lowest BCUT2D eigenvalue weighted by molar-refractivity contribution is 0.0344. The Bertz CT molecular complexity index is 1510. The van der Waals surface area contributed by atoms with Gasteiger partial charge in [-0.3, -0.25) is 14.4 Å². The van der Waals surface area contributed by atoms with Crippen LogP contribution in [0.25, 0.3) is 0 Å². The third-order valence-electron chi connectivity index (χ3n) is 6.99. The van der Waals surface area contributed by atoms with Gasteiger partial charge in [0.1, 0.15) is 11.9 Å². The quantitative estimate of drug-likeness (QED) is 0.336. The third-order valence-corrected chi connectivity index (χ3v) is 9.11. The van der Waals surface area contributed by atoms with Gasteiger partial charge in [0.15, 0.2) is 5.75 Å². The smallest absolute Gasteiger partial charge is 0.262 e. The molecule has 0 radical (unpaired) electrons. The van der Waals surface area contributed by atoms with Gasteiger partial charge in [-0.2, -0.15) is 0 Å². The molecule has 0 saturated heterocycles. The summed E-state index contributed by atoms with van der Waals surface area (Å²) < 4.78 is 48.8. The number of aliphatic hydroxyl groups excluding tert-OH is 1. The van der Waals surface area contributed by atoms with Crippen molar-refractivity contribution in [2.24, 2.45) is 5.92 Å². The van der Waals surface area contributed by atoms with Crippen molar-refractivity contribution in [1.29, 1.82) is 0 Å². The number of nitrogens with zero attached hydrogens (tertiary/aromatic N) is 2. The van der Waals surface area contributed by atoms with Crippen LogP contribution in [0.3, 0.4) is 0 Å². The highest BCUT2D eigenvalue weighted by molar-refractivity contribution is 7.92. The van der Waals surface area contributed by atoms with Gasteiger partial charge in [0.25, 0.3) is 15.9 Å². The Hall–Kier alpha value is -2.89. The zero-order valence-electron chi connectivity index (χ0n) is 22.9. The second kappa shape index (κ2) is 13.0. The monoisotopic (exact) mass is 623 g/mol. The second-order valence-electron chi connectivity index (χ2n) is 10.3. The molecule has 4 rings (SSSR count). The number of fused-ring (bicyclic) bond motifs is 1. The van der Waals surface area contributed by atoms with Gasteiger partial charge in [0, 0.05) is 25.6 Å². The largest absolute Gasteiger partial charge is 0.486 e. The van der Waals surface area contributed by atoms with Crippen molar-refractivity contribution >= 4 is 44.8 Å². The highest BCUT2D eigenvalue weighted by Gasteiger charge is 2.35. The van der Waals surface area contributed by atoms with Gasteiger partial charge in [-0.1, -0.05) is 42.3 Å². The van der Waals surface area contributed by atoms with Gasteiger partial charge in [-0.05, 0) is 68.1 Å². The molecule has 0 aliphatic carbocycles. The molecular weight excluding hydrogens is 592 g/mol. The lowest BCUT2D eigenvalue weighted by atomic mass is 9.99. The van der Waals surface area contributed by atoms with E-state index in [1.807, 2.05) is 24.9 Å². The summed E-state index contributed by atoms with van der Waals surface area (Å²) in [5.41, 5.74) is 1.18. The molecular formula is C29H32Cl2FN3O5S. The molecule has 1 heterocycles. The van der Waals surface area contributed by atoms with Crippen molar-refractivity contribution < 1.29 is 27.4 Å². The molecule has 220 valence electrons. The molecule has 0 bridgehead atoms. The maximum atomic E-state index is 13.7. The highest BCUT2D eigenvalue weighted by atomic mass is 35.5. The van der Waals surface area contributed by atoms with Crippen molar-refractivity contribution in [3.05, 3.63) is 87.7 Å². The number of sulfonamides is 1. The summed E-state index contributed by atoms with van der Waals surface area (Å²) >= 11 is 12.3. The van der Waals surface area contributed by atoms with Crippen molar-refractivity contribution in [1.82, 2.24) is 9.80 Å². The fraction of sp³-hybridized carbons (Fsp3) is 0.345. The number of likely N-dealkylation sites (N-methyl/N-ethyl adjacent to an activating group) is 1. The standard InChI is InChI=1S/C29H32Cl2FN3O5S/c1-18-14-35(19(2)17-36)29(37)23-5-4-6-26(33-41(38,39)22-10-8-21(32)9-11-22)28(23)40-27(18)16-34(3)15-20-7-12-24(30)25(31)13-20/h4-13,18-19,27,33,36H,14-17H2,1-3H3/t18-,19+,27-/m1/s1. The van der Waals surface area contributed by atoms with Crippen molar-refractivity contribution in [2.45, 2.75) is 37.4 Å². The second-order valence-corrected chi connectivity index (χ2v) is 12.8. The fourth-order valence-corrected chi connectivity index (χ4v) is 6.06. The molecule has 8 nitrogen and oxygen atoms in total. The molecule has 0 aromatic heterocycles. The van der Waals surface area contributed by atoms with E-state index >= 15 is 0 Å². The average molecular weight is 625 g/mol. The minimum Gasteiger partial charge on any atom is -0.486 e. The normalized spacial score (nSPS) is 18.3. The molecule has 41 heavy (non-hydrogen) atoms. The number of rotatable bonds is 9. The summed E-state index contributed by atoms with van der Waals surface area (Å²) in [6.45, 7) is 4.72. The van der Waals surface area contributed by atoms with E-state index < -0.39 is 28.0 Å². The first-order valence-corrected chi connectivity index (χ1v) is 15.3. The summed E-state index contributed by atoms with van der Waals surface area (Å²) in [5, 5.41) is 10.8. The molecule has 0 unspecified atom stereocenters. The highest BCUT2D eigenvalue weighted by Crippen LogP contribution is 2.36. The van der Waals surface area contributed by atoms with Gasteiger partial charge >= 0.3 is 0 Å². The average Bonchev–Trinajstić information content (AvgIpc) is 2.92. The molecule has 3 aromatic rings. The first-order chi connectivity index (χ1) is 19.4. The van der Waals surface area contributed by atoms with Gasteiger partial charge in [0.05, 0.1) is 38.8 Å². The van der Waals surface area contributed by atoms with Gasteiger partial charge in [0.2, 0.25) is 0 Å².